The summed E-state index contributed by atoms with van der Waals surface area (Å²) in [4.78, 5) is 0. The van der Waals surface area contributed by atoms with Crippen molar-refractivity contribution in [3.05, 3.63) is 35.4 Å². The maximum Gasteiger partial charge on any atom is 0.123 e. The lowest BCUT2D eigenvalue weighted by atomic mass is 10.0. The van der Waals surface area contributed by atoms with Crippen LogP contribution >= 0.6 is 0 Å². The fourth-order valence-electron chi connectivity index (χ4n) is 2.60. The largest absolute Gasteiger partial charge is 0.384 e. The van der Waals surface area contributed by atoms with Gasteiger partial charge in [-0.25, -0.2) is 0 Å². The Bertz CT molecular complexity index is 438. The van der Waals surface area contributed by atoms with Gasteiger partial charge >= 0.3 is 0 Å². The number of hydrogen-bond acceptors (Lipinski definition) is 3. The highest BCUT2D eigenvalue weighted by atomic mass is 16.5. The quantitative estimate of drug-likeness (QED) is 0.647. The van der Waals surface area contributed by atoms with Crippen LogP contribution in [0.15, 0.2) is 24.3 Å². The molecule has 4 nitrogen and oxygen atoms in total. The number of benzene rings is 1. The second-order valence-corrected chi connectivity index (χ2v) is 5.23. The van der Waals surface area contributed by atoms with E-state index in [0.717, 1.165) is 24.0 Å². The third-order valence-electron chi connectivity index (χ3n) is 3.44. The van der Waals surface area contributed by atoms with Crippen LogP contribution in [-0.2, 0) is 16.1 Å². The summed E-state index contributed by atoms with van der Waals surface area (Å²) < 4.78 is 11.7. The Hall–Kier alpha value is -1.39. The first-order valence-corrected chi connectivity index (χ1v) is 6.75. The van der Waals surface area contributed by atoms with Crippen molar-refractivity contribution in [1.29, 1.82) is 5.41 Å². The molecule has 0 amide bonds. The van der Waals surface area contributed by atoms with E-state index in [4.69, 9.17) is 20.6 Å². The predicted molar refractivity (Wildman–Crippen MR) is 75.3 cm³/mol. The topological polar surface area (TPSA) is 68.3 Å². The fourth-order valence-corrected chi connectivity index (χ4v) is 2.60. The average molecular weight is 262 g/mol. The molecule has 2 rings (SSSR count). The summed E-state index contributed by atoms with van der Waals surface area (Å²) in [6.07, 6.45) is 2.56. The zero-order valence-electron chi connectivity index (χ0n) is 11.6. The molecule has 104 valence electrons. The predicted octanol–water partition coefficient (Wildman–Crippen LogP) is 2.44. The molecule has 1 fully saturated rings. The standard InChI is InChI=1S/C15H22N2O2/c1-10-7-13(8-11(2)19-10)18-9-12-5-3-4-6-14(12)15(16)17/h3-6,10-11,13H,7-9H2,1-2H3,(H3,16,17). The van der Waals surface area contributed by atoms with Crippen molar-refractivity contribution in [2.45, 2.75) is 51.6 Å². The number of nitrogen functional groups attached to an aromatic ring is 1. The molecule has 1 aromatic carbocycles. The number of rotatable bonds is 4. The molecule has 1 aromatic rings. The zero-order valence-corrected chi connectivity index (χ0v) is 11.6. The minimum Gasteiger partial charge on any atom is -0.384 e. The van der Waals surface area contributed by atoms with Gasteiger partial charge in [0.15, 0.2) is 0 Å². The lowest BCUT2D eigenvalue weighted by Gasteiger charge is -2.32. The van der Waals surface area contributed by atoms with Gasteiger partial charge < -0.3 is 15.2 Å². The highest BCUT2D eigenvalue weighted by Crippen LogP contribution is 2.23. The summed E-state index contributed by atoms with van der Waals surface area (Å²) in [6.45, 7) is 4.66. The van der Waals surface area contributed by atoms with Gasteiger partial charge in [0.25, 0.3) is 0 Å². The van der Waals surface area contributed by atoms with Crippen LogP contribution in [0, 0.1) is 5.41 Å². The molecule has 1 saturated heterocycles. The summed E-state index contributed by atoms with van der Waals surface area (Å²) in [5.41, 5.74) is 7.31. The molecule has 19 heavy (non-hydrogen) atoms. The number of hydrogen-bond donors (Lipinski definition) is 2. The van der Waals surface area contributed by atoms with Crippen LogP contribution < -0.4 is 5.73 Å². The van der Waals surface area contributed by atoms with Gasteiger partial charge in [0, 0.05) is 5.56 Å². The summed E-state index contributed by atoms with van der Waals surface area (Å²) in [6, 6.07) is 7.65. The monoisotopic (exact) mass is 262 g/mol. The van der Waals surface area contributed by atoms with E-state index < -0.39 is 0 Å². The van der Waals surface area contributed by atoms with Crippen molar-refractivity contribution >= 4 is 5.84 Å². The van der Waals surface area contributed by atoms with Gasteiger partial charge in [-0.15, -0.1) is 0 Å². The molecular weight excluding hydrogens is 240 g/mol. The van der Waals surface area contributed by atoms with Crippen LogP contribution in [0.25, 0.3) is 0 Å². The highest BCUT2D eigenvalue weighted by Gasteiger charge is 2.25. The number of amidine groups is 1. The van der Waals surface area contributed by atoms with Crippen LogP contribution in [0.4, 0.5) is 0 Å². The van der Waals surface area contributed by atoms with Gasteiger partial charge in [0.1, 0.15) is 5.84 Å². The Morgan fingerprint density at radius 1 is 1.32 bits per heavy atom. The van der Waals surface area contributed by atoms with E-state index in [9.17, 15) is 0 Å². The van der Waals surface area contributed by atoms with Gasteiger partial charge in [-0.3, -0.25) is 5.41 Å². The van der Waals surface area contributed by atoms with Crippen molar-refractivity contribution in [3.8, 4) is 0 Å². The van der Waals surface area contributed by atoms with Gasteiger partial charge in [0.05, 0.1) is 24.9 Å². The summed E-state index contributed by atoms with van der Waals surface area (Å²) in [7, 11) is 0. The van der Waals surface area contributed by atoms with E-state index in [-0.39, 0.29) is 24.1 Å². The maximum absolute atomic E-state index is 7.57. The smallest absolute Gasteiger partial charge is 0.123 e. The number of nitrogens with one attached hydrogen (secondary N) is 1. The summed E-state index contributed by atoms with van der Waals surface area (Å²) in [5.74, 6) is 0.0907. The first-order valence-electron chi connectivity index (χ1n) is 6.75. The van der Waals surface area contributed by atoms with Crippen molar-refractivity contribution in [3.63, 3.8) is 0 Å². The maximum atomic E-state index is 7.57. The molecule has 0 bridgehead atoms. The second-order valence-electron chi connectivity index (χ2n) is 5.23. The fraction of sp³-hybridized carbons (Fsp3) is 0.533. The van der Waals surface area contributed by atoms with Crippen molar-refractivity contribution < 1.29 is 9.47 Å². The lowest BCUT2D eigenvalue weighted by Crippen LogP contribution is -2.34. The number of nitrogens with two attached hydrogens (primary N) is 1. The first kappa shape index (κ1) is 14.0. The Morgan fingerprint density at radius 2 is 1.95 bits per heavy atom. The van der Waals surface area contributed by atoms with Crippen LogP contribution in [0.3, 0.4) is 0 Å². The molecule has 0 spiro atoms. The van der Waals surface area contributed by atoms with Crippen LogP contribution in [0.1, 0.15) is 37.8 Å². The zero-order chi connectivity index (χ0) is 13.8. The van der Waals surface area contributed by atoms with Gasteiger partial charge in [-0.1, -0.05) is 24.3 Å². The Morgan fingerprint density at radius 3 is 2.58 bits per heavy atom. The van der Waals surface area contributed by atoms with E-state index in [1.165, 1.54) is 0 Å². The third-order valence-corrected chi connectivity index (χ3v) is 3.44. The summed E-state index contributed by atoms with van der Waals surface area (Å²) in [5, 5.41) is 7.57. The first-order chi connectivity index (χ1) is 9.06. The second kappa shape index (κ2) is 6.17. The number of ether oxygens (including phenoxy) is 2. The highest BCUT2D eigenvalue weighted by molar-refractivity contribution is 5.96. The molecule has 3 N–H and O–H groups in total. The van der Waals surface area contributed by atoms with Gasteiger partial charge in [-0.05, 0) is 32.3 Å². The minimum atomic E-state index is 0.0907. The average Bonchev–Trinajstić information content (AvgIpc) is 2.35. The molecule has 1 aliphatic heterocycles. The molecule has 0 aromatic heterocycles. The Kier molecular flexibility index (Phi) is 4.56. The molecule has 2 atom stereocenters. The molecule has 0 saturated carbocycles. The van der Waals surface area contributed by atoms with E-state index in [1.54, 1.807) is 0 Å². The molecule has 0 radical (unpaired) electrons. The SMILES string of the molecule is CC1CC(OCc2ccccc2C(=N)N)CC(C)O1. The van der Waals surface area contributed by atoms with Crippen LogP contribution in [0.2, 0.25) is 0 Å². The molecule has 0 aliphatic carbocycles. The minimum absolute atomic E-state index is 0.0907. The van der Waals surface area contributed by atoms with Crippen molar-refractivity contribution in [1.82, 2.24) is 0 Å². The lowest BCUT2D eigenvalue weighted by molar-refractivity contribution is -0.106. The van der Waals surface area contributed by atoms with Crippen molar-refractivity contribution in [2.75, 3.05) is 0 Å². The van der Waals surface area contributed by atoms with Crippen LogP contribution in [0.5, 0.6) is 0 Å². The third kappa shape index (κ3) is 3.78. The molecule has 1 aliphatic rings. The molecule has 2 unspecified atom stereocenters. The molecule has 4 heteroatoms. The summed E-state index contributed by atoms with van der Waals surface area (Å²) >= 11 is 0. The normalized spacial score (nSPS) is 27.2. The van der Waals surface area contributed by atoms with E-state index in [2.05, 4.69) is 13.8 Å². The van der Waals surface area contributed by atoms with Gasteiger partial charge in [-0.2, -0.15) is 0 Å². The van der Waals surface area contributed by atoms with Crippen LogP contribution in [-0.4, -0.2) is 24.1 Å². The Labute approximate surface area is 114 Å². The van der Waals surface area contributed by atoms with Gasteiger partial charge in [0.2, 0.25) is 0 Å². The molecule has 1 heterocycles. The van der Waals surface area contributed by atoms with E-state index >= 15 is 0 Å². The Balaban J connectivity index is 1.97. The van der Waals surface area contributed by atoms with Crippen molar-refractivity contribution in [2.24, 2.45) is 5.73 Å². The molecular formula is C15H22N2O2. The van der Waals surface area contributed by atoms with E-state index in [0.29, 0.717) is 6.61 Å². The van der Waals surface area contributed by atoms with E-state index in [1.807, 2.05) is 24.3 Å².